The van der Waals surface area contributed by atoms with Crippen molar-refractivity contribution in [3.05, 3.63) is 83.6 Å². The molecule has 4 rings (SSSR count). The van der Waals surface area contributed by atoms with Crippen molar-refractivity contribution in [1.29, 1.82) is 0 Å². The number of H-pyrrole nitrogens is 1. The summed E-state index contributed by atoms with van der Waals surface area (Å²) in [6.07, 6.45) is 3.83. The first-order chi connectivity index (χ1) is 13.2. The summed E-state index contributed by atoms with van der Waals surface area (Å²) in [5.74, 6) is 0.402. The molecule has 3 N–H and O–H groups in total. The Morgan fingerprint density at radius 1 is 1.04 bits per heavy atom. The number of nitrogens with one attached hydrogen (secondary N) is 3. The number of aromatic amines is 1. The van der Waals surface area contributed by atoms with Gasteiger partial charge in [0, 0.05) is 27.8 Å². The number of hydrogen-bond acceptors (Lipinski definition) is 3. The van der Waals surface area contributed by atoms with E-state index in [9.17, 15) is 4.79 Å². The minimum atomic E-state index is -0.109. The quantitative estimate of drug-likeness (QED) is 0.451. The summed E-state index contributed by atoms with van der Waals surface area (Å²) in [4.78, 5) is 19.8. The highest BCUT2D eigenvalue weighted by Crippen LogP contribution is 2.21. The monoisotopic (exact) mass is 376 g/mol. The fraction of sp³-hybridized carbons (Fsp3) is 0.0476. The number of nitrogens with zero attached hydrogens (tertiary/aromatic N) is 1. The molecule has 0 bridgehead atoms. The third-order valence-corrected chi connectivity index (χ3v) is 4.41. The molecule has 0 radical (unpaired) electrons. The molecule has 4 aromatic rings. The zero-order valence-corrected chi connectivity index (χ0v) is 15.1. The van der Waals surface area contributed by atoms with E-state index < -0.39 is 0 Å². The Morgan fingerprint density at radius 2 is 1.93 bits per heavy atom. The lowest BCUT2D eigenvalue weighted by molar-refractivity contribution is -0.115. The van der Waals surface area contributed by atoms with Gasteiger partial charge in [0.15, 0.2) is 0 Å². The van der Waals surface area contributed by atoms with Gasteiger partial charge in [-0.2, -0.15) is 0 Å². The maximum Gasteiger partial charge on any atom is 0.230 e. The Bertz CT molecular complexity index is 1090. The third-order valence-electron chi connectivity index (χ3n) is 4.17. The SMILES string of the molecule is O=C(Cc1c[nH]c2ccccc12)Nc1ccc(Nc2cccc(Cl)c2)cn1. The van der Waals surface area contributed by atoms with E-state index in [4.69, 9.17) is 11.6 Å². The highest BCUT2D eigenvalue weighted by atomic mass is 35.5. The van der Waals surface area contributed by atoms with Crippen LogP contribution in [-0.2, 0) is 11.2 Å². The van der Waals surface area contributed by atoms with Crippen LogP contribution in [0.25, 0.3) is 10.9 Å². The van der Waals surface area contributed by atoms with Gasteiger partial charge in [0.2, 0.25) is 5.91 Å². The molecule has 0 saturated carbocycles. The highest BCUT2D eigenvalue weighted by Gasteiger charge is 2.09. The number of rotatable bonds is 5. The number of hydrogen-bond donors (Lipinski definition) is 3. The van der Waals surface area contributed by atoms with Gasteiger partial charge in [0.1, 0.15) is 5.82 Å². The van der Waals surface area contributed by atoms with Crippen molar-refractivity contribution in [2.45, 2.75) is 6.42 Å². The van der Waals surface area contributed by atoms with E-state index in [0.29, 0.717) is 10.8 Å². The zero-order valence-electron chi connectivity index (χ0n) is 14.4. The predicted molar refractivity (Wildman–Crippen MR) is 110 cm³/mol. The Balaban J connectivity index is 1.40. The fourth-order valence-electron chi connectivity index (χ4n) is 2.91. The normalized spacial score (nSPS) is 10.7. The summed E-state index contributed by atoms with van der Waals surface area (Å²) in [6.45, 7) is 0. The van der Waals surface area contributed by atoms with Crippen molar-refractivity contribution in [2.75, 3.05) is 10.6 Å². The van der Waals surface area contributed by atoms with Crippen LogP contribution in [0.2, 0.25) is 5.02 Å². The number of halogens is 1. The lowest BCUT2D eigenvalue weighted by atomic mass is 10.1. The van der Waals surface area contributed by atoms with Crippen LogP contribution in [-0.4, -0.2) is 15.9 Å². The van der Waals surface area contributed by atoms with Gasteiger partial charge in [0.25, 0.3) is 0 Å². The van der Waals surface area contributed by atoms with Crippen molar-refractivity contribution in [3.63, 3.8) is 0 Å². The number of aromatic nitrogens is 2. The number of carbonyl (C=O) groups excluding carboxylic acids is 1. The van der Waals surface area contributed by atoms with Gasteiger partial charge >= 0.3 is 0 Å². The van der Waals surface area contributed by atoms with E-state index >= 15 is 0 Å². The fourth-order valence-corrected chi connectivity index (χ4v) is 3.10. The zero-order chi connectivity index (χ0) is 18.6. The van der Waals surface area contributed by atoms with Gasteiger partial charge < -0.3 is 15.6 Å². The first-order valence-corrected chi connectivity index (χ1v) is 8.89. The molecule has 0 aliphatic heterocycles. The second-order valence-electron chi connectivity index (χ2n) is 6.15. The van der Waals surface area contributed by atoms with Crippen LogP contribution in [0, 0.1) is 0 Å². The van der Waals surface area contributed by atoms with E-state index in [2.05, 4.69) is 20.6 Å². The molecule has 1 amide bonds. The van der Waals surface area contributed by atoms with Crippen LogP contribution in [0.1, 0.15) is 5.56 Å². The molecule has 6 heteroatoms. The van der Waals surface area contributed by atoms with Crippen molar-refractivity contribution >= 4 is 45.6 Å². The van der Waals surface area contributed by atoms with Crippen LogP contribution in [0.3, 0.4) is 0 Å². The summed E-state index contributed by atoms with van der Waals surface area (Å²) in [5.41, 5.74) is 3.67. The number of pyridine rings is 1. The summed E-state index contributed by atoms with van der Waals surface area (Å²) >= 11 is 5.98. The third kappa shape index (κ3) is 4.10. The topological polar surface area (TPSA) is 69.8 Å². The molecular formula is C21H17ClN4O. The van der Waals surface area contributed by atoms with Crippen LogP contribution < -0.4 is 10.6 Å². The van der Waals surface area contributed by atoms with Gasteiger partial charge in [0.05, 0.1) is 18.3 Å². The second-order valence-corrected chi connectivity index (χ2v) is 6.59. The van der Waals surface area contributed by atoms with E-state index in [-0.39, 0.29) is 12.3 Å². The average Bonchev–Trinajstić information content (AvgIpc) is 3.06. The first kappa shape index (κ1) is 17.1. The van der Waals surface area contributed by atoms with Crippen LogP contribution in [0.15, 0.2) is 73.1 Å². The summed E-state index contributed by atoms with van der Waals surface area (Å²) in [7, 11) is 0. The molecule has 27 heavy (non-hydrogen) atoms. The molecule has 2 heterocycles. The highest BCUT2D eigenvalue weighted by molar-refractivity contribution is 6.30. The maximum atomic E-state index is 12.3. The van der Waals surface area contributed by atoms with Gasteiger partial charge in [-0.3, -0.25) is 4.79 Å². The molecule has 0 aliphatic rings. The molecule has 0 aliphatic carbocycles. The number of para-hydroxylation sites is 1. The van der Waals surface area contributed by atoms with Crippen molar-refractivity contribution < 1.29 is 4.79 Å². The summed E-state index contributed by atoms with van der Waals surface area (Å²) in [6, 6.07) is 19.0. The Kier molecular flexibility index (Phi) is 4.77. The predicted octanol–water partition coefficient (Wildman–Crippen LogP) is 5.14. The van der Waals surface area contributed by atoms with Gasteiger partial charge in [-0.05, 0) is 42.0 Å². The van der Waals surface area contributed by atoms with Crippen LogP contribution in [0.4, 0.5) is 17.2 Å². The van der Waals surface area contributed by atoms with E-state index in [1.165, 1.54) is 0 Å². The molecule has 0 unspecified atom stereocenters. The van der Waals surface area contributed by atoms with Crippen LogP contribution >= 0.6 is 11.6 Å². The number of carbonyl (C=O) groups is 1. The Labute approximate surface area is 161 Å². The second kappa shape index (κ2) is 7.51. The average molecular weight is 377 g/mol. The molecule has 2 aromatic heterocycles. The van der Waals surface area contributed by atoms with Crippen molar-refractivity contribution in [2.24, 2.45) is 0 Å². The molecular weight excluding hydrogens is 360 g/mol. The lowest BCUT2D eigenvalue weighted by Gasteiger charge is -2.08. The molecule has 0 atom stereocenters. The number of benzene rings is 2. The first-order valence-electron chi connectivity index (χ1n) is 8.51. The number of fused-ring (bicyclic) bond motifs is 1. The van der Waals surface area contributed by atoms with Gasteiger partial charge in [-0.15, -0.1) is 0 Å². The smallest absolute Gasteiger partial charge is 0.230 e. The minimum absolute atomic E-state index is 0.109. The standard InChI is InChI=1S/C21H17ClN4O/c22-15-4-3-5-16(11-15)25-17-8-9-20(24-13-17)26-21(27)10-14-12-23-19-7-2-1-6-18(14)19/h1-9,11-13,23,25H,10H2,(H,24,26,27). The lowest BCUT2D eigenvalue weighted by Crippen LogP contribution is -2.15. The Hall–Kier alpha value is -3.31. The van der Waals surface area contributed by atoms with E-state index in [0.717, 1.165) is 27.8 Å². The molecule has 0 spiro atoms. The van der Waals surface area contributed by atoms with Crippen molar-refractivity contribution in [1.82, 2.24) is 9.97 Å². The minimum Gasteiger partial charge on any atom is -0.361 e. The summed E-state index contributed by atoms with van der Waals surface area (Å²) < 4.78 is 0. The molecule has 5 nitrogen and oxygen atoms in total. The van der Waals surface area contributed by atoms with E-state index in [1.807, 2.05) is 60.8 Å². The van der Waals surface area contributed by atoms with Crippen molar-refractivity contribution in [3.8, 4) is 0 Å². The molecule has 0 fully saturated rings. The van der Waals surface area contributed by atoms with Gasteiger partial charge in [-0.25, -0.2) is 4.98 Å². The molecule has 0 saturated heterocycles. The van der Waals surface area contributed by atoms with E-state index in [1.54, 1.807) is 12.3 Å². The maximum absolute atomic E-state index is 12.3. The molecule has 2 aromatic carbocycles. The number of amides is 1. The molecule has 134 valence electrons. The van der Waals surface area contributed by atoms with Gasteiger partial charge in [-0.1, -0.05) is 35.9 Å². The largest absolute Gasteiger partial charge is 0.361 e. The summed E-state index contributed by atoms with van der Waals surface area (Å²) in [5, 5.41) is 7.77. The number of anilines is 3. The Morgan fingerprint density at radius 3 is 2.74 bits per heavy atom. The van der Waals surface area contributed by atoms with Crippen LogP contribution in [0.5, 0.6) is 0 Å².